The van der Waals surface area contributed by atoms with E-state index in [2.05, 4.69) is 55.1 Å². The minimum absolute atomic E-state index is 1.65. The van der Waals surface area contributed by atoms with Gasteiger partial charge in [-0.3, -0.25) is 0 Å². The molecule has 0 aliphatic carbocycles. The van der Waals surface area contributed by atoms with Gasteiger partial charge < -0.3 is 0 Å². The van der Waals surface area contributed by atoms with Gasteiger partial charge in [0.05, 0.1) is 0 Å². The summed E-state index contributed by atoms with van der Waals surface area (Å²) in [6.45, 7) is 0. The van der Waals surface area contributed by atoms with Gasteiger partial charge in [-0.25, -0.2) is 5.26 Å². The Morgan fingerprint density at radius 2 is 1.00 bits per heavy atom. The molecule has 0 spiro atoms. The lowest BCUT2D eigenvalue weighted by Crippen LogP contribution is -2.02. The van der Waals surface area contributed by atoms with E-state index in [9.17, 15) is 0 Å². The molecule has 13 heteroatoms. The number of hydrogen-bond donors (Lipinski definition) is 1. The molecule has 13 heavy (non-hydrogen) atoms. The minimum Gasteiger partial charge on any atom is -0.219 e. The molecule has 0 aliphatic rings. The van der Waals surface area contributed by atoms with Crippen LogP contribution >= 0.6 is 9.47 Å². The third-order valence-electron chi connectivity index (χ3n) is 0.292. The van der Waals surface area contributed by atoms with Crippen LogP contribution in [-0.4, -0.2) is 5.26 Å². The Morgan fingerprint density at radius 3 is 1.38 bits per heavy atom. The van der Waals surface area contributed by atoms with Crippen molar-refractivity contribution >= 4 is 9.47 Å². The van der Waals surface area contributed by atoms with Gasteiger partial charge in [0.15, 0.2) is 0 Å². The molecule has 1 N–H and O–H groups in total. The molecule has 0 saturated carbocycles. The van der Waals surface area contributed by atoms with Crippen LogP contribution in [0.4, 0.5) is 0 Å². The van der Waals surface area contributed by atoms with E-state index in [1.807, 2.05) is 0 Å². The van der Waals surface area contributed by atoms with Crippen molar-refractivity contribution in [2.24, 2.45) is 0 Å². The van der Waals surface area contributed by atoms with Crippen LogP contribution in [0.15, 0.2) is 0 Å². The Labute approximate surface area is 71.1 Å². The first-order chi connectivity index (χ1) is 6.41. The van der Waals surface area contributed by atoms with E-state index < -0.39 is 0 Å². The van der Waals surface area contributed by atoms with Gasteiger partial charge in [-0.15, -0.1) is 0 Å². The second kappa shape index (κ2) is 11.9. The lowest BCUT2D eigenvalue weighted by molar-refractivity contribution is -0.860. The Kier molecular flexibility index (Phi) is 11.9. The standard InChI is InChI=1S/H3O12P/c1-2-3-4-5-6-7-8-9-10-11-12-13/h1H,13H2. The van der Waals surface area contributed by atoms with Crippen molar-refractivity contribution in [1.29, 1.82) is 0 Å². The smallest absolute Gasteiger partial charge is 0.0457 e. The molecule has 0 heterocycles. The lowest BCUT2D eigenvalue weighted by Gasteiger charge is -1.96. The highest BCUT2D eigenvalue weighted by atomic mass is 31.0. The molecular weight excluding hydrogens is 223 g/mol. The number of hydrogen-bond acceptors (Lipinski definition) is 12. The van der Waals surface area contributed by atoms with Gasteiger partial charge in [0.25, 0.3) is 0 Å². The highest BCUT2D eigenvalue weighted by Crippen LogP contribution is 1.92. The van der Waals surface area contributed by atoms with Gasteiger partial charge in [0.1, 0.15) is 0 Å². The summed E-state index contributed by atoms with van der Waals surface area (Å²) in [5, 5.41) is 41.4. The largest absolute Gasteiger partial charge is 0.219 e. The first-order valence-corrected chi connectivity index (χ1v) is 2.56. The van der Waals surface area contributed by atoms with Crippen molar-refractivity contribution in [1.82, 2.24) is 0 Å². The van der Waals surface area contributed by atoms with Gasteiger partial charge in [-0.05, 0) is 50.4 Å². The molecule has 1 unspecified atom stereocenters. The van der Waals surface area contributed by atoms with Crippen LogP contribution in [0, 0.1) is 0 Å². The lowest BCUT2D eigenvalue weighted by atomic mass is 14.1. The zero-order chi connectivity index (χ0) is 9.78. The Balaban J connectivity index is 2.76. The molecule has 0 aliphatic heterocycles. The van der Waals surface area contributed by atoms with E-state index in [0.717, 1.165) is 0 Å². The predicted octanol–water partition coefficient (Wildman–Crippen LogP) is -0.418. The van der Waals surface area contributed by atoms with E-state index in [4.69, 9.17) is 5.26 Å². The molecule has 0 aromatic heterocycles. The van der Waals surface area contributed by atoms with Crippen molar-refractivity contribution < 1.29 is 60.3 Å². The summed E-state index contributed by atoms with van der Waals surface area (Å²) in [4.78, 5) is 0. The maximum absolute atomic E-state index is 7.43. The van der Waals surface area contributed by atoms with E-state index in [1.165, 1.54) is 0 Å². The molecule has 0 saturated heterocycles. The molecule has 0 bridgehead atoms. The molecular formula is H3O12P. The number of rotatable bonds is 10. The normalized spacial score (nSPS) is 10.6. The fourth-order valence-electron chi connectivity index (χ4n) is 0.108. The average Bonchev–Trinajstić information content (AvgIpc) is 2.16. The first kappa shape index (κ1) is 12.9. The highest BCUT2D eigenvalue weighted by molar-refractivity contribution is 7.09. The molecule has 0 radical (unpaired) electrons. The quantitative estimate of drug-likeness (QED) is 0.225. The van der Waals surface area contributed by atoms with Gasteiger partial charge in [-0.1, -0.05) is 0 Å². The van der Waals surface area contributed by atoms with Crippen LogP contribution in [0.5, 0.6) is 0 Å². The van der Waals surface area contributed by atoms with E-state index in [-0.39, 0.29) is 0 Å². The Hall–Kier alpha value is -0.0500. The summed E-state index contributed by atoms with van der Waals surface area (Å²) < 4.78 is 3.77. The summed E-state index contributed by atoms with van der Waals surface area (Å²) in [5.74, 6) is 0. The molecule has 0 rings (SSSR count). The molecule has 0 aromatic carbocycles. The third kappa shape index (κ3) is 12.0. The van der Waals surface area contributed by atoms with Crippen molar-refractivity contribution in [2.45, 2.75) is 0 Å². The Bertz CT molecular complexity index is 71.2. The van der Waals surface area contributed by atoms with Crippen molar-refractivity contribution in [3.8, 4) is 0 Å². The monoisotopic (exact) mass is 226 g/mol. The second-order valence-corrected chi connectivity index (χ2v) is 0.976. The van der Waals surface area contributed by atoms with Gasteiger partial charge in [-0.2, -0.15) is 4.67 Å². The third-order valence-corrected chi connectivity index (χ3v) is 0.371. The van der Waals surface area contributed by atoms with E-state index in [1.54, 1.807) is 9.47 Å². The second-order valence-electron chi connectivity index (χ2n) is 0.783. The van der Waals surface area contributed by atoms with E-state index >= 15 is 0 Å². The fourth-order valence-corrected chi connectivity index (χ4v) is 0.140. The van der Waals surface area contributed by atoms with Crippen LogP contribution in [0.3, 0.4) is 0 Å². The Morgan fingerprint density at radius 1 is 0.615 bits per heavy atom. The predicted molar refractivity (Wildman–Crippen MR) is 24.3 cm³/mol. The molecule has 0 fully saturated rings. The summed E-state index contributed by atoms with van der Waals surface area (Å²) in [6, 6.07) is 0. The van der Waals surface area contributed by atoms with Crippen molar-refractivity contribution in [3.63, 3.8) is 0 Å². The van der Waals surface area contributed by atoms with Crippen LogP contribution in [0.2, 0.25) is 0 Å². The summed E-state index contributed by atoms with van der Waals surface area (Å²) >= 11 is 0. The summed E-state index contributed by atoms with van der Waals surface area (Å²) in [6.07, 6.45) is 0. The van der Waals surface area contributed by atoms with Crippen LogP contribution in [0.1, 0.15) is 0 Å². The average molecular weight is 226 g/mol. The van der Waals surface area contributed by atoms with Crippen LogP contribution in [-0.2, 0) is 55.1 Å². The van der Waals surface area contributed by atoms with Crippen molar-refractivity contribution in [3.05, 3.63) is 0 Å². The van der Waals surface area contributed by atoms with Crippen LogP contribution < -0.4 is 0 Å². The fraction of sp³-hybridized carbons (Fsp3) is 0. The molecule has 80 valence electrons. The topological polar surface area (TPSA) is 122 Å². The zero-order valence-electron chi connectivity index (χ0n) is 5.52. The van der Waals surface area contributed by atoms with E-state index in [0.29, 0.717) is 0 Å². The minimum atomic E-state index is 1.65. The summed E-state index contributed by atoms with van der Waals surface area (Å²) in [7, 11) is 1.65. The summed E-state index contributed by atoms with van der Waals surface area (Å²) in [5.41, 5.74) is 0. The van der Waals surface area contributed by atoms with Gasteiger partial charge >= 0.3 is 0 Å². The molecule has 0 aromatic rings. The first-order valence-electron chi connectivity index (χ1n) is 2.08. The molecule has 1 atom stereocenters. The molecule has 12 nitrogen and oxygen atoms in total. The van der Waals surface area contributed by atoms with Crippen LogP contribution in [0.25, 0.3) is 0 Å². The SMILES string of the molecule is OOOOOOOOOOOOP. The van der Waals surface area contributed by atoms with Crippen molar-refractivity contribution in [2.75, 3.05) is 0 Å². The zero-order valence-corrected chi connectivity index (χ0v) is 6.67. The molecule has 0 amide bonds. The van der Waals surface area contributed by atoms with Gasteiger partial charge in [0, 0.05) is 9.47 Å². The maximum Gasteiger partial charge on any atom is 0.0457 e. The highest BCUT2D eigenvalue weighted by Gasteiger charge is 1.95. The van der Waals surface area contributed by atoms with Gasteiger partial charge in [0.2, 0.25) is 0 Å². The maximum atomic E-state index is 7.43.